The van der Waals surface area contributed by atoms with E-state index >= 15 is 0 Å². The second-order valence-corrected chi connectivity index (χ2v) is 3.08. The van der Waals surface area contributed by atoms with Crippen LogP contribution < -0.4 is 4.57 Å². The van der Waals surface area contributed by atoms with Gasteiger partial charge in [-0.25, -0.2) is 4.79 Å². The molecule has 0 amide bonds. The first-order valence-corrected chi connectivity index (χ1v) is 3.86. The molecule has 2 heterocycles. The van der Waals surface area contributed by atoms with E-state index in [-0.39, 0.29) is 5.97 Å². The van der Waals surface area contributed by atoms with Crippen molar-refractivity contribution in [1.82, 2.24) is 0 Å². The van der Waals surface area contributed by atoms with Crippen molar-refractivity contribution in [1.29, 1.82) is 0 Å². The number of aryl methyl sites for hydroxylation is 2. The third-order valence-electron chi connectivity index (χ3n) is 1.99. The van der Waals surface area contributed by atoms with Crippen LogP contribution in [0.2, 0.25) is 0 Å². The Morgan fingerprint density at radius 1 is 1.50 bits per heavy atom. The van der Waals surface area contributed by atoms with E-state index in [0.29, 0.717) is 12.4 Å². The molecule has 12 heavy (non-hydrogen) atoms. The number of rotatable bonds is 0. The smallest absolute Gasteiger partial charge is 0.397 e. The Labute approximate surface area is 70.6 Å². The molecule has 3 nitrogen and oxygen atoms in total. The first-order chi connectivity index (χ1) is 5.68. The van der Waals surface area contributed by atoms with Crippen molar-refractivity contribution in [2.75, 3.05) is 0 Å². The molecule has 2 rings (SSSR count). The lowest BCUT2D eigenvalue weighted by Crippen LogP contribution is -2.34. The number of pyridine rings is 1. The van der Waals surface area contributed by atoms with Crippen LogP contribution in [0, 0.1) is 13.8 Å². The van der Waals surface area contributed by atoms with E-state index in [9.17, 15) is 4.79 Å². The van der Waals surface area contributed by atoms with Gasteiger partial charge in [0, 0.05) is 11.1 Å². The predicted molar refractivity (Wildman–Crippen MR) is 41.5 cm³/mol. The molecule has 0 saturated heterocycles. The lowest BCUT2D eigenvalue weighted by atomic mass is 10.1. The summed E-state index contributed by atoms with van der Waals surface area (Å²) in [5.74, 6) is -0.215. The predicted octanol–water partition coefficient (Wildman–Crippen LogP) is 0.719. The molecule has 0 aliphatic carbocycles. The maximum Gasteiger partial charge on any atom is 0.408 e. The summed E-state index contributed by atoms with van der Waals surface area (Å²) < 4.78 is 6.72. The third kappa shape index (κ3) is 0.897. The Bertz CT molecular complexity index is 358. The van der Waals surface area contributed by atoms with Gasteiger partial charge in [-0.1, -0.05) is 0 Å². The average Bonchev–Trinajstić information content (AvgIpc) is 2.31. The molecule has 0 N–H and O–H groups in total. The molecule has 62 valence electrons. The number of hydrogen-bond donors (Lipinski definition) is 0. The van der Waals surface area contributed by atoms with Crippen molar-refractivity contribution >= 4 is 5.97 Å². The molecule has 0 spiro atoms. The SMILES string of the molecule is Cc1cc(C)c2[n+](c1)COC2=O. The van der Waals surface area contributed by atoms with Gasteiger partial charge in [-0.2, -0.15) is 4.57 Å². The van der Waals surface area contributed by atoms with Crippen LogP contribution in [0.5, 0.6) is 0 Å². The van der Waals surface area contributed by atoms with E-state index < -0.39 is 0 Å². The summed E-state index contributed by atoms with van der Waals surface area (Å²) in [7, 11) is 0. The van der Waals surface area contributed by atoms with Gasteiger partial charge in [-0.3, -0.25) is 0 Å². The van der Waals surface area contributed by atoms with Gasteiger partial charge in [-0.15, -0.1) is 0 Å². The molecule has 3 heteroatoms. The summed E-state index contributed by atoms with van der Waals surface area (Å²) in [6.07, 6.45) is 1.92. The minimum Gasteiger partial charge on any atom is -0.397 e. The molecule has 0 aromatic carbocycles. The van der Waals surface area contributed by atoms with Gasteiger partial charge in [0.05, 0.1) is 0 Å². The monoisotopic (exact) mass is 164 g/mol. The van der Waals surface area contributed by atoms with Crippen LogP contribution in [0.25, 0.3) is 0 Å². The van der Waals surface area contributed by atoms with Crippen molar-refractivity contribution in [3.8, 4) is 0 Å². The molecule has 0 unspecified atom stereocenters. The Balaban J connectivity index is 2.68. The zero-order valence-corrected chi connectivity index (χ0v) is 7.13. The second kappa shape index (κ2) is 2.30. The van der Waals surface area contributed by atoms with E-state index in [1.807, 2.05) is 30.7 Å². The van der Waals surface area contributed by atoms with E-state index in [4.69, 9.17) is 4.74 Å². The third-order valence-corrected chi connectivity index (χ3v) is 1.99. The molecular formula is C9H10NO2+. The fraction of sp³-hybridized carbons (Fsp3) is 0.333. The Kier molecular flexibility index (Phi) is 1.40. The van der Waals surface area contributed by atoms with E-state index in [1.165, 1.54) is 0 Å². The van der Waals surface area contributed by atoms with Crippen molar-refractivity contribution in [3.63, 3.8) is 0 Å². The number of cyclic esters (lactones) is 1. The lowest BCUT2D eigenvalue weighted by Gasteiger charge is -1.94. The summed E-state index contributed by atoms with van der Waals surface area (Å²) >= 11 is 0. The molecule has 1 aliphatic heterocycles. The average molecular weight is 164 g/mol. The Hall–Kier alpha value is -1.38. The summed E-state index contributed by atoms with van der Waals surface area (Å²) in [5, 5.41) is 0. The number of esters is 1. The van der Waals surface area contributed by atoms with Gasteiger partial charge >= 0.3 is 5.97 Å². The van der Waals surface area contributed by atoms with Crippen LogP contribution in [0.4, 0.5) is 0 Å². The van der Waals surface area contributed by atoms with Gasteiger partial charge in [0.15, 0.2) is 6.20 Å². The summed E-state index contributed by atoms with van der Waals surface area (Å²) in [4.78, 5) is 11.2. The van der Waals surface area contributed by atoms with Gasteiger partial charge in [0.1, 0.15) is 0 Å². The number of fused-ring (bicyclic) bond motifs is 1. The zero-order valence-electron chi connectivity index (χ0n) is 7.13. The quantitative estimate of drug-likeness (QED) is 0.417. The normalized spacial score (nSPS) is 14.3. The zero-order chi connectivity index (χ0) is 8.72. The molecular weight excluding hydrogens is 154 g/mol. The maximum absolute atomic E-state index is 11.2. The van der Waals surface area contributed by atoms with E-state index in [0.717, 1.165) is 11.1 Å². The van der Waals surface area contributed by atoms with E-state index in [1.54, 1.807) is 0 Å². The number of carbonyl (C=O) groups is 1. The van der Waals surface area contributed by atoms with Crippen molar-refractivity contribution < 1.29 is 14.1 Å². The highest BCUT2D eigenvalue weighted by molar-refractivity contribution is 5.87. The summed E-state index contributed by atoms with van der Waals surface area (Å²) in [6, 6.07) is 1.98. The number of aromatic nitrogens is 1. The fourth-order valence-corrected chi connectivity index (χ4v) is 1.56. The van der Waals surface area contributed by atoms with Gasteiger partial charge in [0.2, 0.25) is 0 Å². The molecule has 1 aromatic rings. The van der Waals surface area contributed by atoms with Crippen LogP contribution in [-0.4, -0.2) is 5.97 Å². The van der Waals surface area contributed by atoms with Crippen molar-refractivity contribution in [2.45, 2.75) is 20.6 Å². The molecule has 1 aliphatic rings. The molecule has 0 fully saturated rings. The van der Waals surface area contributed by atoms with Gasteiger partial charge in [0.25, 0.3) is 12.4 Å². The maximum atomic E-state index is 11.2. The van der Waals surface area contributed by atoms with Crippen LogP contribution in [-0.2, 0) is 11.5 Å². The van der Waals surface area contributed by atoms with Gasteiger partial charge in [-0.05, 0) is 19.9 Å². The Morgan fingerprint density at radius 3 is 3.00 bits per heavy atom. The molecule has 1 aromatic heterocycles. The fourth-order valence-electron chi connectivity index (χ4n) is 1.56. The van der Waals surface area contributed by atoms with Crippen LogP contribution >= 0.6 is 0 Å². The molecule has 0 radical (unpaired) electrons. The summed E-state index contributed by atoms with van der Waals surface area (Å²) in [6.45, 7) is 4.28. The summed E-state index contributed by atoms with van der Waals surface area (Å²) in [5.41, 5.74) is 2.81. The highest BCUT2D eigenvalue weighted by Crippen LogP contribution is 2.10. The molecule has 0 saturated carbocycles. The largest absolute Gasteiger partial charge is 0.408 e. The molecule has 0 atom stereocenters. The highest BCUT2D eigenvalue weighted by atomic mass is 16.6. The van der Waals surface area contributed by atoms with Crippen molar-refractivity contribution in [3.05, 3.63) is 29.1 Å². The second-order valence-electron chi connectivity index (χ2n) is 3.08. The van der Waals surface area contributed by atoms with Crippen LogP contribution in [0.1, 0.15) is 21.6 Å². The van der Waals surface area contributed by atoms with Crippen molar-refractivity contribution in [2.24, 2.45) is 0 Å². The first-order valence-electron chi connectivity index (χ1n) is 3.86. The minimum absolute atomic E-state index is 0.215. The number of carbonyl (C=O) groups excluding carboxylic acids is 1. The van der Waals surface area contributed by atoms with Gasteiger partial charge < -0.3 is 4.74 Å². The number of hydrogen-bond acceptors (Lipinski definition) is 2. The molecule has 0 bridgehead atoms. The standard InChI is InChI=1S/C9H10NO2/c1-6-3-7(2)8-9(11)12-5-10(8)4-6/h3-4H,5H2,1-2H3/q+1. The number of ether oxygens (including phenoxy) is 1. The topological polar surface area (TPSA) is 30.2 Å². The lowest BCUT2D eigenvalue weighted by molar-refractivity contribution is -0.714. The highest BCUT2D eigenvalue weighted by Gasteiger charge is 2.31. The van der Waals surface area contributed by atoms with E-state index in [2.05, 4.69) is 0 Å². The van der Waals surface area contributed by atoms with Crippen LogP contribution in [0.15, 0.2) is 12.3 Å². The minimum atomic E-state index is -0.215. The number of nitrogens with zero attached hydrogens (tertiary/aromatic N) is 1. The Morgan fingerprint density at radius 2 is 2.25 bits per heavy atom. The first kappa shape index (κ1) is 7.28. The van der Waals surface area contributed by atoms with Crippen LogP contribution in [0.3, 0.4) is 0 Å².